The number of ether oxygens (including phenoxy) is 1. The van der Waals surface area contributed by atoms with Crippen LogP contribution in [0.4, 0.5) is 4.39 Å². The van der Waals surface area contributed by atoms with Crippen LogP contribution in [0.2, 0.25) is 0 Å². The van der Waals surface area contributed by atoms with Crippen LogP contribution in [-0.2, 0) is 14.3 Å². The molecule has 1 aliphatic heterocycles. The largest absolute Gasteiger partial charge is 0.467 e. The highest BCUT2D eigenvalue weighted by Gasteiger charge is 2.38. The Hall–Kier alpha value is -1.73. The van der Waals surface area contributed by atoms with Gasteiger partial charge in [0.05, 0.1) is 12.0 Å². The summed E-state index contributed by atoms with van der Waals surface area (Å²) in [5.41, 5.74) is 0.683. The van der Waals surface area contributed by atoms with Gasteiger partial charge < -0.3 is 4.74 Å². The lowest BCUT2D eigenvalue weighted by Crippen LogP contribution is -2.42. The minimum Gasteiger partial charge on any atom is -0.467 e. The van der Waals surface area contributed by atoms with E-state index in [1.807, 2.05) is 0 Å². The van der Waals surface area contributed by atoms with Crippen molar-refractivity contribution >= 4 is 46.3 Å². The van der Waals surface area contributed by atoms with Gasteiger partial charge in [-0.05, 0) is 30.7 Å². The molecule has 0 aromatic heterocycles. The first-order valence-corrected chi connectivity index (χ1v) is 7.27. The Morgan fingerprint density at radius 3 is 2.62 bits per heavy atom. The van der Waals surface area contributed by atoms with Gasteiger partial charge in [-0.15, -0.1) is 0 Å². The Labute approximate surface area is 130 Å². The smallest absolute Gasteiger partial charge is 0.328 e. The van der Waals surface area contributed by atoms with E-state index in [2.05, 4.69) is 4.74 Å². The monoisotopic (exact) mass is 325 g/mol. The van der Waals surface area contributed by atoms with Gasteiger partial charge in [-0.3, -0.25) is 9.69 Å². The fourth-order valence-corrected chi connectivity index (χ4v) is 3.22. The minimum atomic E-state index is -0.776. The molecule has 110 valence electrons. The number of methoxy groups -OCH3 is 1. The SMILES string of the molecule is COC(=O)C(C)N1C(=O)/C(=C/c2ccc(F)cc2)SC1=S. The molecule has 1 heterocycles. The van der Waals surface area contributed by atoms with Crippen LogP contribution in [0.1, 0.15) is 12.5 Å². The van der Waals surface area contributed by atoms with Crippen LogP contribution >= 0.6 is 24.0 Å². The normalized spacial score (nSPS) is 18.2. The molecule has 2 rings (SSSR count). The van der Waals surface area contributed by atoms with Gasteiger partial charge in [0.2, 0.25) is 0 Å². The van der Waals surface area contributed by atoms with Crippen molar-refractivity contribution in [1.82, 2.24) is 4.90 Å². The van der Waals surface area contributed by atoms with Gasteiger partial charge in [-0.25, -0.2) is 9.18 Å². The summed E-state index contributed by atoms with van der Waals surface area (Å²) in [5, 5.41) is 0. The standard InChI is InChI=1S/C14H12FNO3S2/c1-8(13(18)19-2)16-12(17)11(21-14(16)20)7-9-3-5-10(15)6-4-9/h3-8H,1-2H3/b11-7-. The van der Waals surface area contributed by atoms with E-state index >= 15 is 0 Å². The molecular weight excluding hydrogens is 313 g/mol. The third-order valence-electron chi connectivity index (χ3n) is 2.92. The van der Waals surface area contributed by atoms with Crippen LogP contribution in [0, 0.1) is 5.82 Å². The van der Waals surface area contributed by atoms with Crippen LogP contribution in [-0.4, -0.2) is 34.2 Å². The second kappa shape index (κ2) is 6.36. The second-order valence-corrected chi connectivity index (χ2v) is 5.98. The maximum atomic E-state index is 12.9. The number of carbonyl (C=O) groups excluding carboxylic acids is 2. The molecule has 1 aromatic rings. The van der Waals surface area contributed by atoms with Gasteiger partial charge in [0, 0.05) is 0 Å². The summed E-state index contributed by atoms with van der Waals surface area (Å²) in [4.78, 5) is 25.5. The molecule has 7 heteroatoms. The number of amides is 1. The molecular formula is C14H12FNO3S2. The first kappa shape index (κ1) is 15.7. The zero-order valence-electron chi connectivity index (χ0n) is 11.3. The number of hydrogen-bond donors (Lipinski definition) is 0. The Morgan fingerprint density at radius 1 is 1.43 bits per heavy atom. The quantitative estimate of drug-likeness (QED) is 0.486. The van der Waals surface area contributed by atoms with Crippen molar-refractivity contribution in [3.63, 3.8) is 0 Å². The van der Waals surface area contributed by atoms with Crippen LogP contribution in [0.5, 0.6) is 0 Å². The maximum Gasteiger partial charge on any atom is 0.328 e. The number of halogens is 1. The zero-order valence-corrected chi connectivity index (χ0v) is 13.0. The van der Waals surface area contributed by atoms with E-state index in [1.54, 1.807) is 25.1 Å². The van der Waals surface area contributed by atoms with Crippen LogP contribution < -0.4 is 0 Å². The summed E-state index contributed by atoms with van der Waals surface area (Å²) < 4.78 is 17.8. The van der Waals surface area contributed by atoms with E-state index in [0.29, 0.717) is 14.8 Å². The lowest BCUT2D eigenvalue weighted by molar-refractivity contribution is -0.147. The second-order valence-electron chi connectivity index (χ2n) is 4.30. The highest BCUT2D eigenvalue weighted by Crippen LogP contribution is 2.34. The topological polar surface area (TPSA) is 46.6 Å². The number of hydrogen-bond acceptors (Lipinski definition) is 5. The van der Waals surface area contributed by atoms with E-state index in [0.717, 1.165) is 11.8 Å². The Kier molecular flexibility index (Phi) is 4.74. The lowest BCUT2D eigenvalue weighted by atomic mass is 10.2. The highest BCUT2D eigenvalue weighted by atomic mass is 32.2. The molecule has 1 fully saturated rings. The van der Waals surface area contributed by atoms with Gasteiger partial charge in [-0.2, -0.15) is 0 Å². The number of nitrogens with zero attached hydrogens (tertiary/aromatic N) is 1. The molecule has 0 N–H and O–H groups in total. The summed E-state index contributed by atoms with van der Waals surface area (Å²) in [5.74, 6) is -1.24. The maximum absolute atomic E-state index is 12.9. The van der Waals surface area contributed by atoms with Crippen LogP contribution in [0.25, 0.3) is 6.08 Å². The fourth-order valence-electron chi connectivity index (χ4n) is 1.80. The molecule has 0 aliphatic carbocycles. The van der Waals surface area contributed by atoms with Crippen molar-refractivity contribution in [2.24, 2.45) is 0 Å². The average Bonchev–Trinajstić information content (AvgIpc) is 2.74. The molecule has 1 aromatic carbocycles. The zero-order chi connectivity index (χ0) is 15.6. The van der Waals surface area contributed by atoms with Gasteiger partial charge in [0.15, 0.2) is 0 Å². The number of benzene rings is 1. The lowest BCUT2D eigenvalue weighted by Gasteiger charge is -2.20. The number of thioether (sulfide) groups is 1. The predicted octanol–water partition coefficient (Wildman–Crippen LogP) is 2.59. The molecule has 0 bridgehead atoms. The summed E-state index contributed by atoms with van der Waals surface area (Å²) in [6.45, 7) is 1.55. The van der Waals surface area contributed by atoms with Crippen molar-refractivity contribution in [3.05, 3.63) is 40.6 Å². The van der Waals surface area contributed by atoms with Gasteiger partial charge in [-0.1, -0.05) is 36.1 Å². The number of carbonyl (C=O) groups is 2. The number of thiocarbonyl (C=S) groups is 1. The molecule has 0 saturated carbocycles. The van der Waals surface area contributed by atoms with Crippen LogP contribution in [0.15, 0.2) is 29.2 Å². The van der Waals surface area contributed by atoms with E-state index in [-0.39, 0.29) is 11.7 Å². The van der Waals surface area contributed by atoms with Gasteiger partial charge in [0.25, 0.3) is 5.91 Å². The molecule has 0 radical (unpaired) electrons. The molecule has 1 saturated heterocycles. The summed E-state index contributed by atoms with van der Waals surface area (Å²) in [6.07, 6.45) is 1.61. The van der Waals surface area contributed by atoms with Crippen molar-refractivity contribution in [3.8, 4) is 0 Å². The summed E-state index contributed by atoms with van der Waals surface area (Å²) in [6, 6.07) is 4.96. The number of esters is 1. The van der Waals surface area contributed by atoms with Crippen molar-refractivity contribution < 1.29 is 18.7 Å². The summed E-state index contributed by atoms with van der Waals surface area (Å²) in [7, 11) is 1.25. The molecule has 1 amide bonds. The van der Waals surface area contributed by atoms with Crippen molar-refractivity contribution in [2.75, 3.05) is 7.11 Å². The first-order chi connectivity index (χ1) is 9.93. The highest BCUT2D eigenvalue weighted by molar-refractivity contribution is 8.26. The molecule has 21 heavy (non-hydrogen) atoms. The van der Waals surface area contributed by atoms with E-state index in [9.17, 15) is 14.0 Å². The van der Waals surface area contributed by atoms with Crippen molar-refractivity contribution in [1.29, 1.82) is 0 Å². The molecule has 1 aliphatic rings. The van der Waals surface area contributed by atoms with Crippen molar-refractivity contribution in [2.45, 2.75) is 13.0 Å². The third-order valence-corrected chi connectivity index (χ3v) is 4.25. The molecule has 4 nitrogen and oxygen atoms in total. The van der Waals surface area contributed by atoms with E-state index in [1.165, 1.54) is 24.1 Å². The van der Waals surface area contributed by atoms with E-state index in [4.69, 9.17) is 12.2 Å². The first-order valence-electron chi connectivity index (χ1n) is 6.04. The van der Waals surface area contributed by atoms with Gasteiger partial charge >= 0.3 is 5.97 Å². The third kappa shape index (κ3) is 3.30. The average molecular weight is 325 g/mol. The van der Waals surface area contributed by atoms with Gasteiger partial charge in [0.1, 0.15) is 16.2 Å². The van der Waals surface area contributed by atoms with Crippen LogP contribution in [0.3, 0.4) is 0 Å². The summed E-state index contributed by atoms with van der Waals surface area (Å²) >= 11 is 6.24. The molecule has 1 atom stereocenters. The Balaban J connectivity index is 2.25. The number of rotatable bonds is 3. The molecule has 1 unspecified atom stereocenters. The predicted molar refractivity (Wildman–Crippen MR) is 82.9 cm³/mol. The Morgan fingerprint density at radius 2 is 2.05 bits per heavy atom. The minimum absolute atomic E-state index is 0.297. The Bertz CT molecular complexity index is 628. The molecule has 0 spiro atoms. The van der Waals surface area contributed by atoms with E-state index < -0.39 is 12.0 Å². The fraction of sp³-hybridized carbons (Fsp3) is 0.214.